The highest BCUT2D eigenvalue weighted by Crippen LogP contribution is 2.35. The van der Waals surface area contributed by atoms with Crippen LogP contribution in [0.4, 0.5) is 21.9 Å². The van der Waals surface area contributed by atoms with E-state index in [4.69, 9.17) is 14.2 Å². The number of carbonyl (C=O) groups is 1. The molecule has 126 valence electrons. The molecule has 0 radical (unpaired) electrons. The minimum absolute atomic E-state index is 0.254. The van der Waals surface area contributed by atoms with Crippen LogP contribution in [0.2, 0.25) is 0 Å². The van der Waals surface area contributed by atoms with E-state index in [0.717, 1.165) is 22.9 Å². The summed E-state index contributed by atoms with van der Waals surface area (Å²) < 4.78 is 15.9. The van der Waals surface area contributed by atoms with E-state index in [-0.39, 0.29) is 6.79 Å². The summed E-state index contributed by atoms with van der Waals surface area (Å²) in [5, 5.41) is 5.97. The first kappa shape index (κ1) is 16.0. The zero-order valence-corrected chi connectivity index (χ0v) is 13.9. The van der Waals surface area contributed by atoms with Crippen molar-refractivity contribution in [3.05, 3.63) is 42.5 Å². The van der Waals surface area contributed by atoms with Gasteiger partial charge in [0, 0.05) is 23.1 Å². The number of nitrogens with one attached hydrogen (secondary N) is 2. The molecule has 0 saturated heterocycles. The molecule has 1 heterocycles. The van der Waals surface area contributed by atoms with Crippen molar-refractivity contribution in [1.82, 2.24) is 0 Å². The van der Waals surface area contributed by atoms with E-state index >= 15 is 0 Å². The Hall–Kier alpha value is -2.89. The fourth-order valence-corrected chi connectivity index (χ4v) is 2.20. The molecule has 2 N–H and O–H groups in total. The molecule has 1 aliphatic rings. The Labute approximate surface area is 140 Å². The predicted molar refractivity (Wildman–Crippen MR) is 92.1 cm³/mol. The summed E-state index contributed by atoms with van der Waals surface area (Å²) in [5.74, 6) is 1.47. The third kappa shape index (κ3) is 4.10. The van der Waals surface area contributed by atoms with Crippen molar-refractivity contribution in [3.63, 3.8) is 0 Å². The predicted octanol–water partition coefficient (Wildman–Crippen LogP) is 4.51. The van der Waals surface area contributed by atoms with Crippen LogP contribution in [0.25, 0.3) is 0 Å². The highest BCUT2D eigenvalue weighted by atomic mass is 16.7. The molecule has 2 aromatic rings. The Bertz CT molecular complexity index is 736. The van der Waals surface area contributed by atoms with Gasteiger partial charge in [0.05, 0.1) is 0 Å². The van der Waals surface area contributed by atoms with Gasteiger partial charge in [-0.2, -0.15) is 0 Å². The number of amides is 1. The third-order valence-corrected chi connectivity index (χ3v) is 3.19. The van der Waals surface area contributed by atoms with Crippen LogP contribution >= 0.6 is 0 Å². The van der Waals surface area contributed by atoms with Gasteiger partial charge in [0.15, 0.2) is 11.5 Å². The van der Waals surface area contributed by atoms with Gasteiger partial charge in [-0.3, -0.25) is 5.32 Å². The van der Waals surface area contributed by atoms with Crippen LogP contribution in [-0.2, 0) is 4.74 Å². The van der Waals surface area contributed by atoms with Gasteiger partial charge < -0.3 is 19.5 Å². The van der Waals surface area contributed by atoms with Crippen molar-refractivity contribution in [3.8, 4) is 11.5 Å². The fraction of sp³-hybridized carbons (Fsp3) is 0.278. The Morgan fingerprint density at radius 1 is 0.958 bits per heavy atom. The molecule has 0 atom stereocenters. The largest absolute Gasteiger partial charge is 0.454 e. The van der Waals surface area contributed by atoms with E-state index in [1.807, 2.05) is 51.1 Å². The summed E-state index contributed by atoms with van der Waals surface area (Å²) >= 11 is 0. The zero-order chi connectivity index (χ0) is 17.2. The summed E-state index contributed by atoms with van der Waals surface area (Å²) in [5.41, 5.74) is 1.93. The van der Waals surface area contributed by atoms with Crippen LogP contribution in [-0.4, -0.2) is 18.5 Å². The zero-order valence-electron chi connectivity index (χ0n) is 13.9. The molecular weight excluding hydrogens is 308 g/mol. The van der Waals surface area contributed by atoms with Gasteiger partial charge in [-0.1, -0.05) is 0 Å². The average molecular weight is 328 g/mol. The van der Waals surface area contributed by atoms with Crippen LogP contribution in [0.1, 0.15) is 20.8 Å². The van der Waals surface area contributed by atoms with Gasteiger partial charge in [0.25, 0.3) is 0 Å². The molecule has 24 heavy (non-hydrogen) atoms. The molecule has 3 rings (SSSR count). The number of rotatable bonds is 3. The normalized spacial score (nSPS) is 12.6. The van der Waals surface area contributed by atoms with Gasteiger partial charge in [-0.15, -0.1) is 0 Å². The maximum atomic E-state index is 11.7. The number of hydrogen-bond donors (Lipinski definition) is 2. The van der Waals surface area contributed by atoms with Crippen LogP contribution in [0.5, 0.6) is 11.5 Å². The molecule has 6 heteroatoms. The lowest BCUT2D eigenvalue weighted by molar-refractivity contribution is 0.0636. The monoisotopic (exact) mass is 328 g/mol. The number of benzene rings is 2. The lowest BCUT2D eigenvalue weighted by Gasteiger charge is -2.19. The Morgan fingerprint density at radius 3 is 2.29 bits per heavy atom. The fourth-order valence-electron chi connectivity index (χ4n) is 2.20. The first-order chi connectivity index (χ1) is 11.4. The van der Waals surface area contributed by atoms with Crippen molar-refractivity contribution in [2.45, 2.75) is 26.4 Å². The van der Waals surface area contributed by atoms with Crippen molar-refractivity contribution in [1.29, 1.82) is 0 Å². The Morgan fingerprint density at radius 2 is 1.58 bits per heavy atom. The van der Waals surface area contributed by atoms with Crippen molar-refractivity contribution in [2.24, 2.45) is 0 Å². The third-order valence-electron chi connectivity index (χ3n) is 3.19. The second kappa shape index (κ2) is 6.31. The molecular formula is C18H20N2O4. The maximum Gasteiger partial charge on any atom is 0.412 e. The standard InChI is InChI=1S/C18H20N2O4/c1-18(2,3)24-17(21)20-13-6-4-12(5-7-13)19-14-8-9-15-16(10-14)23-11-22-15/h4-10,19H,11H2,1-3H3,(H,20,21). The molecule has 1 aliphatic heterocycles. The molecule has 6 nitrogen and oxygen atoms in total. The molecule has 0 unspecified atom stereocenters. The number of ether oxygens (including phenoxy) is 3. The molecule has 0 aromatic heterocycles. The summed E-state index contributed by atoms with van der Waals surface area (Å²) in [6.45, 7) is 5.73. The van der Waals surface area contributed by atoms with Crippen LogP contribution in [0.3, 0.4) is 0 Å². The van der Waals surface area contributed by atoms with E-state index in [1.165, 1.54) is 0 Å². The lowest BCUT2D eigenvalue weighted by Crippen LogP contribution is -2.27. The highest BCUT2D eigenvalue weighted by Gasteiger charge is 2.16. The number of hydrogen-bond acceptors (Lipinski definition) is 5. The molecule has 0 bridgehead atoms. The van der Waals surface area contributed by atoms with Crippen molar-refractivity contribution >= 4 is 23.2 Å². The van der Waals surface area contributed by atoms with E-state index in [0.29, 0.717) is 5.69 Å². The smallest absolute Gasteiger partial charge is 0.412 e. The van der Waals surface area contributed by atoms with Crippen LogP contribution in [0.15, 0.2) is 42.5 Å². The van der Waals surface area contributed by atoms with E-state index in [2.05, 4.69) is 10.6 Å². The summed E-state index contributed by atoms with van der Waals surface area (Å²) in [4.78, 5) is 11.7. The van der Waals surface area contributed by atoms with Crippen molar-refractivity contribution in [2.75, 3.05) is 17.4 Å². The number of fused-ring (bicyclic) bond motifs is 1. The van der Waals surface area contributed by atoms with E-state index in [9.17, 15) is 4.79 Å². The molecule has 1 amide bonds. The quantitative estimate of drug-likeness (QED) is 0.868. The molecule has 0 saturated carbocycles. The van der Waals surface area contributed by atoms with Gasteiger partial charge in [0.2, 0.25) is 6.79 Å². The Balaban J connectivity index is 1.61. The van der Waals surface area contributed by atoms with Gasteiger partial charge in [-0.25, -0.2) is 4.79 Å². The second-order valence-corrected chi connectivity index (χ2v) is 6.40. The highest BCUT2D eigenvalue weighted by molar-refractivity contribution is 5.85. The SMILES string of the molecule is CC(C)(C)OC(=O)Nc1ccc(Nc2ccc3c(c2)OCO3)cc1. The van der Waals surface area contributed by atoms with E-state index < -0.39 is 11.7 Å². The molecule has 2 aromatic carbocycles. The topological polar surface area (TPSA) is 68.8 Å². The molecule has 0 spiro atoms. The number of carbonyl (C=O) groups excluding carboxylic acids is 1. The van der Waals surface area contributed by atoms with Crippen LogP contribution < -0.4 is 20.1 Å². The number of anilines is 3. The second-order valence-electron chi connectivity index (χ2n) is 6.40. The van der Waals surface area contributed by atoms with Crippen molar-refractivity contribution < 1.29 is 19.0 Å². The van der Waals surface area contributed by atoms with Gasteiger partial charge in [0.1, 0.15) is 5.60 Å². The average Bonchev–Trinajstić information content (AvgIpc) is 2.95. The van der Waals surface area contributed by atoms with Gasteiger partial charge >= 0.3 is 6.09 Å². The summed E-state index contributed by atoms with van der Waals surface area (Å²) in [7, 11) is 0. The minimum Gasteiger partial charge on any atom is -0.454 e. The van der Waals surface area contributed by atoms with E-state index in [1.54, 1.807) is 12.1 Å². The first-order valence-electron chi connectivity index (χ1n) is 7.66. The van der Waals surface area contributed by atoms with Gasteiger partial charge in [-0.05, 0) is 57.2 Å². The molecule has 0 aliphatic carbocycles. The first-order valence-corrected chi connectivity index (χ1v) is 7.66. The Kier molecular flexibility index (Phi) is 4.20. The minimum atomic E-state index is -0.523. The maximum absolute atomic E-state index is 11.7. The van der Waals surface area contributed by atoms with Crippen LogP contribution in [0, 0.1) is 0 Å². The lowest BCUT2D eigenvalue weighted by atomic mass is 10.2. The summed E-state index contributed by atoms with van der Waals surface area (Å²) in [6.07, 6.45) is -0.473. The summed E-state index contributed by atoms with van der Waals surface area (Å²) in [6, 6.07) is 13.0. The molecule has 0 fully saturated rings.